The Hall–Kier alpha value is -0.800. The Labute approximate surface area is 157 Å². The van der Waals surface area contributed by atoms with Gasteiger partial charge in [-0.3, -0.25) is 0 Å². The van der Waals surface area contributed by atoms with Crippen molar-refractivity contribution in [3.8, 4) is 0 Å². The third-order valence-corrected chi connectivity index (χ3v) is 4.60. The van der Waals surface area contributed by atoms with Gasteiger partial charge in [-0.25, -0.2) is 0 Å². The topological polar surface area (TPSA) is 24.5 Å². The first-order chi connectivity index (χ1) is 12.2. The lowest BCUT2D eigenvalue weighted by atomic mass is 10.1. The zero-order chi connectivity index (χ0) is 18.8. The van der Waals surface area contributed by atoms with E-state index in [2.05, 4.69) is 37.6 Å². The van der Waals surface area contributed by atoms with Crippen molar-refractivity contribution in [1.82, 2.24) is 10.2 Å². The van der Waals surface area contributed by atoms with E-state index < -0.39 is 0 Å². The summed E-state index contributed by atoms with van der Waals surface area (Å²) in [6, 6.07) is 0.673. The second kappa shape index (κ2) is 18.0. The van der Waals surface area contributed by atoms with Crippen LogP contribution in [0.15, 0.2) is 24.5 Å². The molecule has 1 unspecified atom stereocenters. The molecule has 0 amide bonds. The van der Waals surface area contributed by atoms with Crippen LogP contribution in [0.25, 0.3) is 0 Å². The predicted octanol–water partition coefficient (Wildman–Crippen LogP) is 5.53. The van der Waals surface area contributed by atoms with Crippen molar-refractivity contribution < 1.29 is 4.74 Å². The van der Waals surface area contributed by atoms with Crippen LogP contribution in [0.3, 0.4) is 0 Å². The van der Waals surface area contributed by atoms with Crippen molar-refractivity contribution in [3.05, 3.63) is 24.5 Å². The molecule has 3 nitrogen and oxygen atoms in total. The summed E-state index contributed by atoms with van der Waals surface area (Å²) < 4.78 is 5.53. The highest BCUT2D eigenvalue weighted by molar-refractivity contribution is 5.05. The first-order valence-electron chi connectivity index (χ1n) is 10.5. The van der Waals surface area contributed by atoms with Crippen LogP contribution in [-0.4, -0.2) is 43.7 Å². The summed E-state index contributed by atoms with van der Waals surface area (Å²) in [6.07, 6.45) is 14.1. The Morgan fingerprint density at radius 3 is 2.44 bits per heavy atom. The van der Waals surface area contributed by atoms with E-state index in [1.54, 1.807) is 0 Å². The van der Waals surface area contributed by atoms with Gasteiger partial charge in [0.25, 0.3) is 0 Å². The summed E-state index contributed by atoms with van der Waals surface area (Å²) in [6.45, 7) is 18.2. The van der Waals surface area contributed by atoms with Gasteiger partial charge in [0.15, 0.2) is 0 Å². The maximum Gasteiger partial charge on any atom is 0.111 e. The molecule has 0 saturated heterocycles. The summed E-state index contributed by atoms with van der Waals surface area (Å²) in [5.41, 5.74) is 0. The lowest BCUT2D eigenvalue weighted by Gasteiger charge is -2.29. The van der Waals surface area contributed by atoms with E-state index in [0.29, 0.717) is 6.04 Å². The Morgan fingerprint density at radius 2 is 1.76 bits per heavy atom. The van der Waals surface area contributed by atoms with Crippen LogP contribution in [0, 0.1) is 0 Å². The van der Waals surface area contributed by atoms with Gasteiger partial charge in [-0.15, -0.1) is 0 Å². The van der Waals surface area contributed by atoms with Crippen molar-refractivity contribution in [1.29, 1.82) is 0 Å². The standard InChI is InChI=1S/C22H44N2O/c1-6-9-11-12-19-24(18-10-7-2)21(4)15-17-23-16-13-20-25-22(5)14-8-3/h8,14,21,23H,5-7,9-13,15-20H2,1-4H3/b14-8-. The van der Waals surface area contributed by atoms with Crippen LogP contribution in [0.4, 0.5) is 0 Å². The summed E-state index contributed by atoms with van der Waals surface area (Å²) in [5.74, 6) is 0.755. The Morgan fingerprint density at radius 1 is 1.04 bits per heavy atom. The van der Waals surface area contributed by atoms with Crippen LogP contribution in [-0.2, 0) is 4.74 Å². The maximum atomic E-state index is 5.53. The molecule has 0 rings (SSSR count). The largest absolute Gasteiger partial charge is 0.494 e. The molecule has 0 fully saturated rings. The molecule has 1 atom stereocenters. The predicted molar refractivity (Wildman–Crippen MR) is 112 cm³/mol. The lowest BCUT2D eigenvalue weighted by Crippen LogP contribution is -2.37. The van der Waals surface area contributed by atoms with E-state index in [-0.39, 0.29) is 0 Å². The molecule has 0 aliphatic heterocycles. The van der Waals surface area contributed by atoms with Gasteiger partial charge in [0.1, 0.15) is 5.76 Å². The summed E-state index contributed by atoms with van der Waals surface area (Å²) in [5, 5.41) is 3.56. The highest BCUT2D eigenvalue weighted by Gasteiger charge is 2.12. The second-order valence-corrected chi connectivity index (χ2v) is 7.01. The van der Waals surface area contributed by atoms with Gasteiger partial charge in [-0.05, 0) is 71.8 Å². The Bertz CT molecular complexity index is 328. The van der Waals surface area contributed by atoms with E-state index in [4.69, 9.17) is 4.74 Å². The van der Waals surface area contributed by atoms with E-state index in [1.165, 1.54) is 58.0 Å². The minimum atomic E-state index is 0.673. The normalized spacial score (nSPS) is 12.8. The molecule has 0 aliphatic rings. The van der Waals surface area contributed by atoms with Crippen LogP contribution >= 0.6 is 0 Å². The molecule has 1 N–H and O–H groups in total. The van der Waals surface area contributed by atoms with E-state index in [0.717, 1.165) is 31.9 Å². The maximum absolute atomic E-state index is 5.53. The van der Waals surface area contributed by atoms with E-state index >= 15 is 0 Å². The minimum Gasteiger partial charge on any atom is -0.494 e. The number of rotatable bonds is 18. The Balaban J connectivity index is 3.80. The molecule has 0 heterocycles. The first-order valence-corrected chi connectivity index (χ1v) is 10.5. The summed E-state index contributed by atoms with van der Waals surface area (Å²) >= 11 is 0. The van der Waals surface area contributed by atoms with Crippen molar-refractivity contribution >= 4 is 0 Å². The molecule has 3 heteroatoms. The average Bonchev–Trinajstić information content (AvgIpc) is 2.60. The van der Waals surface area contributed by atoms with Crippen LogP contribution < -0.4 is 5.32 Å². The smallest absolute Gasteiger partial charge is 0.111 e. The third-order valence-electron chi connectivity index (χ3n) is 4.60. The number of hydrogen-bond donors (Lipinski definition) is 1. The number of unbranched alkanes of at least 4 members (excludes halogenated alkanes) is 4. The lowest BCUT2D eigenvalue weighted by molar-refractivity contribution is 0.190. The SMILES string of the molecule is C=C(/C=C\C)OCCCNCCC(C)N(CCCC)CCCCCC. The number of nitrogens with one attached hydrogen (secondary N) is 1. The number of ether oxygens (including phenoxy) is 1. The molecule has 0 saturated carbocycles. The zero-order valence-electron chi connectivity index (χ0n) is 17.5. The molecule has 0 aromatic carbocycles. The van der Waals surface area contributed by atoms with Gasteiger partial charge in [0.05, 0.1) is 6.61 Å². The number of allylic oxidation sites excluding steroid dienone is 2. The monoisotopic (exact) mass is 352 g/mol. The minimum absolute atomic E-state index is 0.673. The molecule has 0 aromatic rings. The first kappa shape index (κ1) is 24.2. The molecular weight excluding hydrogens is 308 g/mol. The van der Waals surface area contributed by atoms with Crippen LogP contribution in [0.1, 0.15) is 79.1 Å². The highest BCUT2D eigenvalue weighted by atomic mass is 16.5. The zero-order valence-corrected chi connectivity index (χ0v) is 17.5. The van der Waals surface area contributed by atoms with Crippen molar-refractivity contribution in [2.75, 3.05) is 32.8 Å². The van der Waals surface area contributed by atoms with Gasteiger partial charge in [0, 0.05) is 6.04 Å². The molecule has 0 aromatic heterocycles. The van der Waals surface area contributed by atoms with Crippen molar-refractivity contribution in [2.24, 2.45) is 0 Å². The fraction of sp³-hybridized carbons (Fsp3) is 0.818. The number of nitrogens with zero attached hydrogens (tertiary/aromatic N) is 1. The molecule has 0 spiro atoms. The van der Waals surface area contributed by atoms with Crippen LogP contribution in [0.5, 0.6) is 0 Å². The van der Waals surface area contributed by atoms with Crippen molar-refractivity contribution in [3.63, 3.8) is 0 Å². The van der Waals surface area contributed by atoms with Gasteiger partial charge >= 0.3 is 0 Å². The average molecular weight is 353 g/mol. The van der Waals surface area contributed by atoms with Crippen molar-refractivity contribution in [2.45, 2.75) is 85.1 Å². The summed E-state index contributed by atoms with van der Waals surface area (Å²) in [4.78, 5) is 2.70. The number of hydrogen-bond acceptors (Lipinski definition) is 3. The second-order valence-electron chi connectivity index (χ2n) is 7.01. The molecule has 25 heavy (non-hydrogen) atoms. The van der Waals surface area contributed by atoms with Gasteiger partial charge in [-0.2, -0.15) is 0 Å². The highest BCUT2D eigenvalue weighted by Crippen LogP contribution is 2.09. The van der Waals surface area contributed by atoms with E-state index in [1.807, 2.05) is 19.1 Å². The summed E-state index contributed by atoms with van der Waals surface area (Å²) in [7, 11) is 0. The third kappa shape index (κ3) is 15.2. The molecular formula is C22H44N2O. The molecule has 0 radical (unpaired) electrons. The fourth-order valence-corrected chi connectivity index (χ4v) is 2.91. The quantitative estimate of drug-likeness (QED) is 0.199. The fourth-order valence-electron chi connectivity index (χ4n) is 2.91. The molecule has 0 aliphatic carbocycles. The molecule has 0 bridgehead atoms. The van der Waals surface area contributed by atoms with Gasteiger partial charge in [0.2, 0.25) is 0 Å². The molecule has 148 valence electrons. The Kier molecular flexibility index (Phi) is 17.4. The van der Waals surface area contributed by atoms with Gasteiger partial charge < -0.3 is 15.0 Å². The van der Waals surface area contributed by atoms with E-state index in [9.17, 15) is 0 Å². The van der Waals surface area contributed by atoms with Gasteiger partial charge in [-0.1, -0.05) is 52.2 Å². The van der Waals surface area contributed by atoms with Crippen LogP contribution in [0.2, 0.25) is 0 Å².